The summed E-state index contributed by atoms with van der Waals surface area (Å²) in [4.78, 5) is 1.20. The second-order valence-electron chi connectivity index (χ2n) is 3.81. The molecule has 92 valence electrons. The molecule has 0 bridgehead atoms. The molecule has 0 aliphatic heterocycles. The van der Waals surface area contributed by atoms with Gasteiger partial charge in [-0.25, -0.2) is 0 Å². The fraction of sp³-hybridized carbons (Fsp3) is 0.667. The van der Waals surface area contributed by atoms with E-state index in [0.717, 1.165) is 30.9 Å². The number of rotatable bonds is 8. The predicted octanol–water partition coefficient (Wildman–Crippen LogP) is 2.43. The van der Waals surface area contributed by atoms with Crippen LogP contribution >= 0.6 is 11.8 Å². The molecular formula is C12H21NO2S. The van der Waals surface area contributed by atoms with E-state index in [1.807, 2.05) is 13.0 Å². The quantitative estimate of drug-likeness (QED) is 0.688. The smallest absolute Gasteiger partial charge is 0.114 e. The van der Waals surface area contributed by atoms with Crippen molar-refractivity contribution in [3.63, 3.8) is 0 Å². The van der Waals surface area contributed by atoms with Gasteiger partial charge in [0.25, 0.3) is 0 Å². The average molecular weight is 243 g/mol. The van der Waals surface area contributed by atoms with E-state index in [0.29, 0.717) is 0 Å². The zero-order valence-electron chi connectivity index (χ0n) is 10.0. The fourth-order valence-corrected chi connectivity index (χ4v) is 2.47. The summed E-state index contributed by atoms with van der Waals surface area (Å²) in [5.41, 5.74) is 0. The van der Waals surface area contributed by atoms with Crippen LogP contribution in [0.25, 0.3) is 0 Å². The molecule has 0 aliphatic carbocycles. The van der Waals surface area contributed by atoms with E-state index >= 15 is 0 Å². The molecule has 1 aromatic heterocycles. The van der Waals surface area contributed by atoms with E-state index in [9.17, 15) is 5.11 Å². The molecular weight excluding hydrogens is 222 g/mol. The van der Waals surface area contributed by atoms with E-state index in [1.54, 1.807) is 18.0 Å². The Bertz CT molecular complexity index is 288. The lowest BCUT2D eigenvalue weighted by molar-refractivity contribution is 0.240. The normalized spacial score (nSPS) is 12.9. The largest absolute Gasteiger partial charge is 0.468 e. The van der Waals surface area contributed by atoms with Gasteiger partial charge in [-0.2, -0.15) is 0 Å². The average Bonchev–Trinajstić information content (AvgIpc) is 2.69. The van der Waals surface area contributed by atoms with Gasteiger partial charge < -0.3 is 14.8 Å². The van der Waals surface area contributed by atoms with Gasteiger partial charge >= 0.3 is 0 Å². The lowest BCUT2D eigenvalue weighted by Gasteiger charge is -2.14. The molecule has 3 nitrogen and oxygen atoms in total. The van der Waals surface area contributed by atoms with Crippen LogP contribution in [0.15, 0.2) is 21.6 Å². The highest BCUT2D eigenvalue weighted by Crippen LogP contribution is 2.23. The van der Waals surface area contributed by atoms with Crippen molar-refractivity contribution in [3.8, 4) is 0 Å². The van der Waals surface area contributed by atoms with E-state index in [2.05, 4.69) is 12.2 Å². The van der Waals surface area contributed by atoms with Gasteiger partial charge in [-0.1, -0.05) is 6.92 Å². The van der Waals surface area contributed by atoms with Crippen molar-refractivity contribution in [1.82, 2.24) is 5.32 Å². The number of thioether (sulfide) groups is 1. The van der Waals surface area contributed by atoms with Crippen LogP contribution in [-0.2, 0) is 0 Å². The summed E-state index contributed by atoms with van der Waals surface area (Å²) < 4.78 is 5.23. The Kier molecular flexibility index (Phi) is 6.61. The molecule has 1 rings (SSSR count). The molecule has 0 amide bonds. The molecule has 0 saturated heterocycles. The van der Waals surface area contributed by atoms with Crippen LogP contribution in [0.5, 0.6) is 0 Å². The van der Waals surface area contributed by atoms with E-state index < -0.39 is 0 Å². The molecule has 0 fully saturated rings. The molecule has 0 spiro atoms. The van der Waals surface area contributed by atoms with Crippen molar-refractivity contribution >= 4 is 11.8 Å². The second-order valence-corrected chi connectivity index (χ2v) is 4.95. The Morgan fingerprint density at radius 3 is 2.94 bits per heavy atom. The van der Waals surface area contributed by atoms with Gasteiger partial charge in [-0.3, -0.25) is 0 Å². The molecule has 4 heteroatoms. The molecule has 1 aromatic rings. The first kappa shape index (κ1) is 13.6. The molecule has 0 saturated carbocycles. The molecule has 2 N–H and O–H groups in total. The summed E-state index contributed by atoms with van der Waals surface area (Å²) in [6, 6.07) is 2.22. The third kappa shape index (κ3) is 4.60. The molecule has 1 unspecified atom stereocenters. The van der Waals surface area contributed by atoms with Gasteiger partial charge in [-0.05, 0) is 38.1 Å². The summed E-state index contributed by atoms with van der Waals surface area (Å²) in [7, 11) is 0. The Labute approximate surface area is 102 Å². The van der Waals surface area contributed by atoms with Gasteiger partial charge in [0.1, 0.15) is 5.76 Å². The summed E-state index contributed by atoms with van der Waals surface area (Å²) in [5, 5.41) is 12.5. The Balaban J connectivity index is 2.20. The van der Waals surface area contributed by atoms with Crippen LogP contribution in [0.3, 0.4) is 0 Å². The lowest BCUT2D eigenvalue weighted by atomic mass is 10.2. The second kappa shape index (κ2) is 7.76. The predicted molar refractivity (Wildman–Crippen MR) is 68.0 cm³/mol. The highest BCUT2D eigenvalue weighted by molar-refractivity contribution is 7.99. The minimum Gasteiger partial charge on any atom is -0.468 e. The summed E-state index contributed by atoms with van der Waals surface area (Å²) >= 11 is 1.79. The maximum Gasteiger partial charge on any atom is 0.114 e. The van der Waals surface area contributed by atoms with Gasteiger partial charge in [0.2, 0.25) is 0 Å². The van der Waals surface area contributed by atoms with Crippen LogP contribution in [0.1, 0.15) is 25.5 Å². The molecule has 1 heterocycles. The highest BCUT2D eigenvalue weighted by Gasteiger charge is 2.07. The maximum absolute atomic E-state index is 9.17. The van der Waals surface area contributed by atoms with Crippen molar-refractivity contribution in [2.24, 2.45) is 0 Å². The Hall–Kier alpha value is -0.450. The van der Waals surface area contributed by atoms with Crippen LogP contribution in [0, 0.1) is 6.92 Å². The number of nitrogens with one attached hydrogen (secondary N) is 1. The summed E-state index contributed by atoms with van der Waals surface area (Å²) in [6.45, 7) is 5.29. The fourth-order valence-electron chi connectivity index (χ4n) is 1.44. The Morgan fingerprint density at radius 2 is 2.38 bits per heavy atom. The van der Waals surface area contributed by atoms with Gasteiger partial charge in [-0.15, -0.1) is 11.8 Å². The maximum atomic E-state index is 9.17. The van der Waals surface area contributed by atoms with Gasteiger partial charge in [0, 0.05) is 10.9 Å². The zero-order chi connectivity index (χ0) is 11.8. The third-order valence-corrected chi connectivity index (χ3v) is 3.61. The van der Waals surface area contributed by atoms with E-state index in [1.165, 1.54) is 4.90 Å². The SMILES string of the molecule is CCCNC(CO)CCSc1ccoc1C. The standard InChI is InChI=1S/C12H21NO2S/c1-3-6-13-11(9-14)5-8-16-12-4-7-15-10(12)2/h4,7,11,13-14H,3,5-6,8-9H2,1-2H3. The van der Waals surface area contributed by atoms with Crippen molar-refractivity contribution in [2.45, 2.75) is 37.6 Å². The van der Waals surface area contributed by atoms with Gasteiger partial charge in [0.05, 0.1) is 12.9 Å². The van der Waals surface area contributed by atoms with Crippen LogP contribution in [0.4, 0.5) is 0 Å². The summed E-state index contributed by atoms with van der Waals surface area (Å²) in [5.74, 6) is 1.98. The highest BCUT2D eigenvalue weighted by atomic mass is 32.2. The topological polar surface area (TPSA) is 45.4 Å². The first-order valence-electron chi connectivity index (χ1n) is 5.79. The number of aliphatic hydroxyl groups is 1. The molecule has 0 aliphatic rings. The first-order valence-corrected chi connectivity index (χ1v) is 6.77. The van der Waals surface area contributed by atoms with E-state index in [4.69, 9.17) is 4.42 Å². The Morgan fingerprint density at radius 1 is 1.56 bits per heavy atom. The number of hydrogen-bond donors (Lipinski definition) is 2. The van der Waals surface area contributed by atoms with Crippen LogP contribution in [-0.4, -0.2) is 30.1 Å². The lowest BCUT2D eigenvalue weighted by Crippen LogP contribution is -2.33. The number of furan rings is 1. The van der Waals surface area contributed by atoms with Crippen molar-refractivity contribution in [1.29, 1.82) is 0 Å². The van der Waals surface area contributed by atoms with E-state index in [-0.39, 0.29) is 12.6 Å². The monoisotopic (exact) mass is 243 g/mol. The summed E-state index contributed by atoms with van der Waals surface area (Å²) in [6.07, 6.45) is 3.80. The van der Waals surface area contributed by atoms with Crippen molar-refractivity contribution in [3.05, 3.63) is 18.1 Å². The molecule has 0 aromatic carbocycles. The number of aliphatic hydroxyl groups excluding tert-OH is 1. The first-order chi connectivity index (χ1) is 7.77. The zero-order valence-corrected chi connectivity index (χ0v) is 10.8. The minimum absolute atomic E-state index is 0.213. The third-order valence-electron chi connectivity index (χ3n) is 2.44. The van der Waals surface area contributed by atoms with Gasteiger partial charge in [0.15, 0.2) is 0 Å². The molecule has 0 radical (unpaired) electrons. The minimum atomic E-state index is 0.213. The van der Waals surface area contributed by atoms with Crippen LogP contribution in [0.2, 0.25) is 0 Å². The number of hydrogen-bond acceptors (Lipinski definition) is 4. The number of aryl methyl sites for hydroxylation is 1. The van der Waals surface area contributed by atoms with Crippen LogP contribution < -0.4 is 5.32 Å². The molecule has 1 atom stereocenters. The van der Waals surface area contributed by atoms with Crippen molar-refractivity contribution < 1.29 is 9.52 Å². The van der Waals surface area contributed by atoms with Crippen molar-refractivity contribution in [2.75, 3.05) is 18.9 Å². The molecule has 16 heavy (non-hydrogen) atoms.